The molecule has 22 heteroatoms. The van der Waals surface area contributed by atoms with Gasteiger partial charge in [0.1, 0.15) is 44.5 Å². The van der Waals surface area contributed by atoms with Crippen molar-refractivity contribution in [2.75, 3.05) is 28.4 Å². The highest BCUT2D eigenvalue weighted by molar-refractivity contribution is 7.86. The summed E-state index contributed by atoms with van der Waals surface area (Å²) in [6, 6.07) is 11.5. The van der Waals surface area contributed by atoms with Crippen LogP contribution in [-0.2, 0) is 21.6 Å². The molecule has 4 atom stereocenters. The first-order chi connectivity index (χ1) is 25.9. The molecule has 0 aliphatic carbocycles. The minimum absolute atomic E-state index is 0.0444. The van der Waals surface area contributed by atoms with Gasteiger partial charge in [-0.25, -0.2) is 18.4 Å². The van der Waals surface area contributed by atoms with Crippen LogP contribution in [0.4, 0.5) is 17.6 Å². The smallest absolute Gasteiger partial charge is 0.387 e. The molecular formula is C32H28Cl2F4N6O8S2. The molecule has 0 aliphatic rings. The fourth-order valence-corrected chi connectivity index (χ4v) is 7.57. The van der Waals surface area contributed by atoms with Gasteiger partial charge in [0.2, 0.25) is 0 Å². The molecule has 6 rings (SSSR count). The van der Waals surface area contributed by atoms with E-state index in [4.69, 9.17) is 42.1 Å². The van der Waals surface area contributed by atoms with Crippen LogP contribution in [-0.4, -0.2) is 80.0 Å². The summed E-state index contributed by atoms with van der Waals surface area (Å²) >= 11 is 12.7. The topological polar surface area (TPSA) is 173 Å². The van der Waals surface area contributed by atoms with Crippen LogP contribution in [0.15, 0.2) is 71.2 Å². The number of aromatic amines is 2. The molecule has 0 aliphatic heterocycles. The third-order valence-corrected chi connectivity index (χ3v) is 10.9. The Balaban J connectivity index is 0.000000208. The molecule has 0 saturated heterocycles. The molecule has 0 saturated carbocycles. The van der Waals surface area contributed by atoms with Crippen molar-refractivity contribution >= 4 is 66.9 Å². The summed E-state index contributed by atoms with van der Waals surface area (Å²) in [4.78, 5) is 22.3. The van der Waals surface area contributed by atoms with E-state index < -0.39 is 44.2 Å². The number of imidazole rings is 2. The van der Waals surface area contributed by atoms with Gasteiger partial charge in [-0.3, -0.25) is 9.97 Å². The number of aromatic nitrogens is 6. The second-order valence-corrected chi connectivity index (χ2v) is 14.6. The van der Waals surface area contributed by atoms with E-state index >= 15 is 0 Å². The lowest BCUT2D eigenvalue weighted by molar-refractivity contribution is -0.0504. The number of pyridine rings is 2. The first-order valence-electron chi connectivity index (χ1n) is 15.0. The number of benzene rings is 2. The Morgan fingerprint density at radius 1 is 0.611 bits per heavy atom. The molecule has 54 heavy (non-hydrogen) atoms. The first-order valence-corrected chi connectivity index (χ1v) is 18.3. The number of nitrogens with one attached hydrogen (secondary N) is 2. The van der Waals surface area contributed by atoms with E-state index in [1.807, 2.05) is 0 Å². The van der Waals surface area contributed by atoms with E-state index in [1.54, 1.807) is 12.1 Å². The number of hydrogen-bond acceptors (Lipinski definition) is 12. The monoisotopic (exact) mass is 834 g/mol. The number of methoxy groups -OCH3 is 4. The van der Waals surface area contributed by atoms with Crippen LogP contribution in [0.2, 0.25) is 0 Å². The number of hydrogen-bond donors (Lipinski definition) is 2. The molecule has 4 heterocycles. The van der Waals surface area contributed by atoms with Crippen LogP contribution in [0.25, 0.3) is 22.1 Å². The first kappa shape index (κ1) is 40.3. The number of ether oxygens (including phenoxy) is 6. The maximum Gasteiger partial charge on any atom is 0.387 e. The third-order valence-electron chi connectivity index (χ3n) is 7.14. The molecule has 14 nitrogen and oxygen atoms in total. The summed E-state index contributed by atoms with van der Waals surface area (Å²) < 4.78 is 102. The molecule has 288 valence electrons. The van der Waals surface area contributed by atoms with Crippen LogP contribution in [0, 0.1) is 0 Å². The molecule has 0 fully saturated rings. The zero-order chi connectivity index (χ0) is 39.1. The Labute approximate surface area is 318 Å². The van der Waals surface area contributed by atoms with Gasteiger partial charge in [-0.15, -0.1) is 23.2 Å². The number of nitrogens with zero attached hydrogens (tertiary/aromatic N) is 4. The van der Waals surface area contributed by atoms with Crippen molar-refractivity contribution in [1.29, 1.82) is 0 Å². The van der Waals surface area contributed by atoms with Crippen LogP contribution in [0.5, 0.6) is 34.5 Å². The maximum atomic E-state index is 12.8. The third kappa shape index (κ3) is 9.05. The van der Waals surface area contributed by atoms with Gasteiger partial charge in [0.05, 0.1) is 50.5 Å². The zero-order valence-electron chi connectivity index (χ0n) is 28.2. The summed E-state index contributed by atoms with van der Waals surface area (Å²) in [5.41, 5.74) is 2.05. The fourth-order valence-electron chi connectivity index (χ4n) is 4.82. The summed E-state index contributed by atoms with van der Waals surface area (Å²) in [6.07, 6.45) is 2.91. The van der Waals surface area contributed by atoms with Crippen LogP contribution in [0.1, 0.15) is 20.8 Å². The quantitative estimate of drug-likeness (QED) is 0.0834. The van der Waals surface area contributed by atoms with Crippen molar-refractivity contribution in [3.63, 3.8) is 0 Å². The number of fused-ring (bicyclic) bond motifs is 2. The zero-order valence-corrected chi connectivity index (χ0v) is 31.4. The van der Waals surface area contributed by atoms with Crippen molar-refractivity contribution in [3.05, 3.63) is 72.3 Å². The van der Waals surface area contributed by atoms with Gasteiger partial charge in [-0.1, -0.05) is 0 Å². The summed E-state index contributed by atoms with van der Waals surface area (Å²) in [5, 5.41) is 0.122. The van der Waals surface area contributed by atoms with E-state index in [-0.39, 0.29) is 44.7 Å². The van der Waals surface area contributed by atoms with Gasteiger partial charge >= 0.3 is 13.2 Å². The molecule has 0 amide bonds. The maximum absolute atomic E-state index is 12.8. The molecule has 4 unspecified atom stereocenters. The molecule has 6 aromatic rings. The number of H-pyrrole nitrogens is 2. The van der Waals surface area contributed by atoms with Crippen molar-refractivity contribution in [2.45, 2.75) is 33.0 Å². The lowest BCUT2D eigenvalue weighted by Crippen LogP contribution is -2.07. The predicted octanol–water partition coefficient (Wildman–Crippen LogP) is 7.24. The van der Waals surface area contributed by atoms with E-state index in [0.717, 1.165) is 0 Å². The van der Waals surface area contributed by atoms with Crippen LogP contribution < -0.4 is 28.4 Å². The highest BCUT2D eigenvalue weighted by atomic mass is 35.5. The molecular weight excluding hydrogens is 807 g/mol. The minimum atomic E-state index is -2.95. The van der Waals surface area contributed by atoms with Gasteiger partial charge in [-0.05, 0) is 24.3 Å². The van der Waals surface area contributed by atoms with Gasteiger partial charge in [0.15, 0.2) is 42.7 Å². The van der Waals surface area contributed by atoms with E-state index in [0.29, 0.717) is 33.6 Å². The SMILES string of the molecule is COc1ccnc(C(Cl)S(=O)c2nc3ccc(OC(F)F)cc3[nH]2)c1OC.COc1ccnc(C(Cl)S(=O)c2nc3ccc(OC(F)F)cc3[nH]2)c1OC. The fraction of sp³-hybridized carbons (Fsp3) is 0.250. The highest BCUT2D eigenvalue weighted by Gasteiger charge is 2.29. The second-order valence-electron chi connectivity index (χ2n) is 10.3. The molecule has 2 N–H and O–H groups in total. The van der Waals surface area contributed by atoms with Gasteiger partial charge < -0.3 is 38.4 Å². The van der Waals surface area contributed by atoms with E-state index in [2.05, 4.69) is 39.4 Å². The molecule has 0 spiro atoms. The molecule has 4 aromatic heterocycles. The van der Waals surface area contributed by atoms with Crippen molar-refractivity contribution < 1.29 is 54.4 Å². The highest BCUT2D eigenvalue weighted by Crippen LogP contribution is 2.40. The summed E-state index contributed by atoms with van der Waals surface area (Å²) in [6.45, 7) is -5.89. The van der Waals surface area contributed by atoms with Gasteiger partial charge in [-0.2, -0.15) is 17.6 Å². The number of alkyl halides is 6. The summed E-state index contributed by atoms with van der Waals surface area (Å²) in [5.74, 6) is 1.22. The average Bonchev–Trinajstić information content (AvgIpc) is 3.79. The van der Waals surface area contributed by atoms with Crippen LogP contribution in [0.3, 0.4) is 0 Å². The van der Waals surface area contributed by atoms with Crippen molar-refractivity contribution in [1.82, 2.24) is 29.9 Å². The Hall–Kier alpha value is -4.92. The van der Waals surface area contributed by atoms with Crippen LogP contribution >= 0.6 is 23.2 Å². The molecule has 2 aromatic carbocycles. The van der Waals surface area contributed by atoms with E-state index in [1.165, 1.54) is 77.2 Å². The summed E-state index contributed by atoms with van der Waals surface area (Å²) in [7, 11) is 2.07. The minimum Gasteiger partial charge on any atom is -0.493 e. The lowest BCUT2D eigenvalue weighted by Gasteiger charge is -2.14. The van der Waals surface area contributed by atoms with Crippen molar-refractivity contribution in [3.8, 4) is 34.5 Å². The number of halogens is 6. The largest absolute Gasteiger partial charge is 0.493 e. The normalized spacial score (nSPS) is 13.6. The Morgan fingerprint density at radius 2 is 1.00 bits per heavy atom. The predicted molar refractivity (Wildman–Crippen MR) is 190 cm³/mol. The Kier molecular flexibility index (Phi) is 13.4. The van der Waals surface area contributed by atoms with Gasteiger partial charge in [0, 0.05) is 36.7 Å². The lowest BCUT2D eigenvalue weighted by atomic mass is 10.3. The number of rotatable bonds is 14. The standard InChI is InChI=1S/2C16H14ClF2N3O4S/c2*1-24-11-5-6-20-12(13(11)25-2)14(17)27(23)16-21-9-4-3-8(26-15(18)19)7-10(9)22-16/h2*3-7,14-15H,1-2H3,(H,21,22). The second kappa shape index (κ2) is 17.9. The Bertz CT molecular complexity index is 2130. The van der Waals surface area contributed by atoms with Crippen molar-refractivity contribution in [2.24, 2.45) is 0 Å². The molecule has 0 radical (unpaired) electrons. The average molecular weight is 836 g/mol. The molecule has 0 bridgehead atoms. The Morgan fingerprint density at radius 3 is 1.33 bits per heavy atom. The van der Waals surface area contributed by atoms with Gasteiger partial charge in [0.25, 0.3) is 0 Å². The van der Waals surface area contributed by atoms with E-state index in [9.17, 15) is 26.0 Å².